The summed E-state index contributed by atoms with van der Waals surface area (Å²) in [6.07, 6.45) is 0. The molecule has 1 amide bonds. The first-order chi connectivity index (χ1) is 9.60. The predicted octanol–water partition coefficient (Wildman–Crippen LogP) is 2.90. The first-order valence-electron chi connectivity index (χ1n) is 6.30. The summed E-state index contributed by atoms with van der Waals surface area (Å²) in [7, 11) is 0. The molecule has 4 N–H and O–H groups in total. The molecule has 20 heavy (non-hydrogen) atoms. The summed E-state index contributed by atoms with van der Waals surface area (Å²) >= 11 is 0. The summed E-state index contributed by atoms with van der Waals surface area (Å²) in [6, 6.07) is 11.0. The third kappa shape index (κ3) is 3.26. The van der Waals surface area contributed by atoms with Crippen LogP contribution in [-0.2, 0) is 0 Å². The van der Waals surface area contributed by atoms with Crippen LogP contribution in [0.3, 0.4) is 0 Å². The van der Waals surface area contributed by atoms with Crippen molar-refractivity contribution in [3.8, 4) is 0 Å². The van der Waals surface area contributed by atoms with Gasteiger partial charge in [0.1, 0.15) is 5.82 Å². The standard InChI is InChI=1S/C15H16FN3O/c1-2-18-15(20)10-6-7-13(17)14(8-10)19-12-5-3-4-11(16)9-12/h3-9,19H,2,17H2,1H3,(H,18,20). The maximum atomic E-state index is 13.1. The van der Waals surface area contributed by atoms with E-state index in [1.54, 1.807) is 30.3 Å². The van der Waals surface area contributed by atoms with Crippen LogP contribution in [0.5, 0.6) is 0 Å². The first kappa shape index (κ1) is 13.9. The van der Waals surface area contributed by atoms with Gasteiger partial charge in [-0.1, -0.05) is 6.07 Å². The molecular formula is C15H16FN3O. The Labute approximate surface area is 116 Å². The Hall–Kier alpha value is -2.56. The maximum Gasteiger partial charge on any atom is 0.251 e. The zero-order valence-corrected chi connectivity index (χ0v) is 11.1. The third-order valence-corrected chi connectivity index (χ3v) is 2.76. The van der Waals surface area contributed by atoms with Crippen molar-refractivity contribution < 1.29 is 9.18 Å². The van der Waals surface area contributed by atoms with Gasteiger partial charge in [0, 0.05) is 17.8 Å². The molecule has 0 aliphatic carbocycles. The molecule has 2 aromatic carbocycles. The van der Waals surface area contributed by atoms with Crippen LogP contribution in [-0.4, -0.2) is 12.5 Å². The lowest BCUT2D eigenvalue weighted by molar-refractivity contribution is 0.0956. The molecule has 0 unspecified atom stereocenters. The molecule has 0 saturated heterocycles. The predicted molar refractivity (Wildman–Crippen MR) is 78.5 cm³/mol. The summed E-state index contributed by atoms with van der Waals surface area (Å²) in [5.74, 6) is -0.511. The summed E-state index contributed by atoms with van der Waals surface area (Å²) in [4.78, 5) is 11.8. The highest BCUT2D eigenvalue weighted by Crippen LogP contribution is 2.24. The molecule has 2 aromatic rings. The van der Waals surface area contributed by atoms with Crippen LogP contribution >= 0.6 is 0 Å². The van der Waals surface area contributed by atoms with Gasteiger partial charge in [0.15, 0.2) is 0 Å². The largest absolute Gasteiger partial charge is 0.397 e. The highest BCUT2D eigenvalue weighted by atomic mass is 19.1. The Kier molecular flexibility index (Phi) is 4.20. The van der Waals surface area contributed by atoms with Crippen molar-refractivity contribution in [1.82, 2.24) is 5.32 Å². The van der Waals surface area contributed by atoms with Crippen molar-refractivity contribution in [2.75, 3.05) is 17.6 Å². The molecule has 0 heterocycles. The Morgan fingerprint density at radius 3 is 2.75 bits per heavy atom. The van der Waals surface area contributed by atoms with E-state index in [9.17, 15) is 9.18 Å². The van der Waals surface area contributed by atoms with Crippen molar-refractivity contribution in [2.24, 2.45) is 0 Å². The van der Waals surface area contributed by atoms with Crippen LogP contribution in [0.15, 0.2) is 42.5 Å². The van der Waals surface area contributed by atoms with E-state index >= 15 is 0 Å². The van der Waals surface area contributed by atoms with Gasteiger partial charge in [-0.25, -0.2) is 4.39 Å². The van der Waals surface area contributed by atoms with Crippen molar-refractivity contribution in [2.45, 2.75) is 6.92 Å². The number of nitrogens with two attached hydrogens (primary N) is 1. The van der Waals surface area contributed by atoms with Gasteiger partial charge in [-0.3, -0.25) is 4.79 Å². The topological polar surface area (TPSA) is 67.2 Å². The van der Waals surface area contributed by atoms with E-state index in [4.69, 9.17) is 5.73 Å². The van der Waals surface area contributed by atoms with Crippen molar-refractivity contribution in [3.05, 3.63) is 53.8 Å². The number of carbonyl (C=O) groups is 1. The minimum Gasteiger partial charge on any atom is -0.397 e. The number of carbonyl (C=O) groups excluding carboxylic acids is 1. The van der Waals surface area contributed by atoms with Gasteiger partial charge in [-0.15, -0.1) is 0 Å². The molecule has 104 valence electrons. The molecule has 0 spiro atoms. The lowest BCUT2D eigenvalue weighted by Gasteiger charge is -2.11. The summed E-state index contributed by atoms with van der Waals surface area (Å²) in [5, 5.41) is 5.72. The Morgan fingerprint density at radius 2 is 2.05 bits per heavy atom. The monoisotopic (exact) mass is 273 g/mol. The maximum absolute atomic E-state index is 13.1. The normalized spacial score (nSPS) is 10.1. The van der Waals surface area contributed by atoms with E-state index < -0.39 is 0 Å². The lowest BCUT2D eigenvalue weighted by Crippen LogP contribution is -2.22. The third-order valence-electron chi connectivity index (χ3n) is 2.76. The van der Waals surface area contributed by atoms with Crippen LogP contribution in [0.2, 0.25) is 0 Å². The van der Waals surface area contributed by atoms with E-state index in [1.807, 2.05) is 6.92 Å². The highest BCUT2D eigenvalue weighted by molar-refractivity contribution is 5.96. The fraction of sp³-hybridized carbons (Fsp3) is 0.133. The molecule has 0 saturated carbocycles. The molecular weight excluding hydrogens is 257 g/mol. The number of benzene rings is 2. The van der Waals surface area contributed by atoms with Gasteiger partial charge >= 0.3 is 0 Å². The molecule has 4 nitrogen and oxygen atoms in total. The zero-order chi connectivity index (χ0) is 14.5. The average Bonchev–Trinajstić information content (AvgIpc) is 2.41. The number of nitrogens with one attached hydrogen (secondary N) is 2. The van der Waals surface area contributed by atoms with Gasteiger partial charge < -0.3 is 16.4 Å². The highest BCUT2D eigenvalue weighted by Gasteiger charge is 2.08. The molecule has 5 heteroatoms. The number of halogens is 1. The van der Waals surface area contributed by atoms with Crippen molar-refractivity contribution in [3.63, 3.8) is 0 Å². The van der Waals surface area contributed by atoms with Crippen LogP contribution in [0, 0.1) is 5.82 Å². The van der Waals surface area contributed by atoms with Crippen LogP contribution in [0.25, 0.3) is 0 Å². The number of rotatable bonds is 4. The summed E-state index contributed by atoms with van der Waals surface area (Å²) in [6.45, 7) is 2.40. The Balaban J connectivity index is 2.27. The van der Waals surface area contributed by atoms with Gasteiger partial charge in [0.2, 0.25) is 0 Å². The van der Waals surface area contributed by atoms with E-state index in [1.165, 1.54) is 12.1 Å². The molecule has 0 radical (unpaired) electrons. The average molecular weight is 273 g/mol. The Morgan fingerprint density at radius 1 is 1.25 bits per heavy atom. The zero-order valence-electron chi connectivity index (χ0n) is 11.1. The molecule has 2 rings (SSSR count). The first-order valence-corrected chi connectivity index (χ1v) is 6.30. The van der Waals surface area contributed by atoms with E-state index in [-0.39, 0.29) is 11.7 Å². The van der Waals surface area contributed by atoms with Gasteiger partial charge in [-0.2, -0.15) is 0 Å². The smallest absolute Gasteiger partial charge is 0.251 e. The second-order valence-electron chi connectivity index (χ2n) is 4.30. The van der Waals surface area contributed by atoms with Crippen molar-refractivity contribution >= 4 is 23.0 Å². The lowest BCUT2D eigenvalue weighted by atomic mass is 10.1. The molecule has 0 aliphatic rings. The number of amides is 1. The number of nitrogen functional groups attached to an aromatic ring is 1. The molecule has 0 aliphatic heterocycles. The molecule has 0 fully saturated rings. The van der Waals surface area contributed by atoms with E-state index in [0.717, 1.165) is 0 Å². The quantitative estimate of drug-likeness (QED) is 0.750. The van der Waals surface area contributed by atoms with Crippen LogP contribution in [0.1, 0.15) is 17.3 Å². The van der Waals surface area contributed by atoms with Crippen molar-refractivity contribution in [1.29, 1.82) is 0 Å². The minimum absolute atomic E-state index is 0.171. The SMILES string of the molecule is CCNC(=O)c1ccc(N)c(Nc2cccc(F)c2)c1. The molecule has 0 bridgehead atoms. The van der Waals surface area contributed by atoms with Gasteiger partial charge in [-0.05, 0) is 43.3 Å². The fourth-order valence-corrected chi connectivity index (χ4v) is 1.79. The minimum atomic E-state index is -0.339. The fourth-order valence-electron chi connectivity index (χ4n) is 1.79. The summed E-state index contributed by atoms with van der Waals surface area (Å²) < 4.78 is 13.1. The number of anilines is 3. The molecule has 0 atom stereocenters. The number of hydrogen-bond donors (Lipinski definition) is 3. The Bertz CT molecular complexity index is 628. The number of hydrogen-bond acceptors (Lipinski definition) is 3. The van der Waals surface area contributed by atoms with Crippen LogP contribution in [0.4, 0.5) is 21.5 Å². The van der Waals surface area contributed by atoms with E-state index in [0.29, 0.717) is 29.2 Å². The van der Waals surface area contributed by atoms with Crippen LogP contribution < -0.4 is 16.4 Å². The molecule has 0 aromatic heterocycles. The van der Waals surface area contributed by atoms with Gasteiger partial charge in [0.05, 0.1) is 11.4 Å². The van der Waals surface area contributed by atoms with E-state index in [2.05, 4.69) is 10.6 Å². The second-order valence-corrected chi connectivity index (χ2v) is 4.30. The summed E-state index contributed by atoms with van der Waals surface area (Å²) in [5.41, 5.74) is 7.99. The van der Waals surface area contributed by atoms with Gasteiger partial charge in [0.25, 0.3) is 5.91 Å². The second kappa shape index (κ2) is 6.06.